The van der Waals surface area contributed by atoms with Crippen molar-refractivity contribution in [3.05, 3.63) is 70.1 Å². The molecule has 0 aliphatic heterocycles. The zero-order valence-electron chi connectivity index (χ0n) is 11.0. The van der Waals surface area contributed by atoms with Gasteiger partial charge >= 0.3 is 0 Å². The molecule has 21 heavy (non-hydrogen) atoms. The highest BCUT2D eigenvalue weighted by Gasteiger charge is 2.11. The largest absolute Gasteiger partial charge is 0.361 e. The third-order valence-electron chi connectivity index (χ3n) is 3.28. The number of nitrogens with one attached hydrogen (secondary N) is 2. The van der Waals surface area contributed by atoms with Crippen LogP contribution in [0.2, 0.25) is 0 Å². The number of rotatable bonds is 3. The molecule has 2 N–H and O–H groups in total. The Labute approximate surface area is 129 Å². The predicted octanol–water partition coefficient (Wildman–Crippen LogP) is 4.00. The maximum atomic E-state index is 13.2. The van der Waals surface area contributed by atoms with Crippen LogP contribution in [0.3, 0.4) is 0 Å². The Balaban J connectivity index is 1.81. The molecular formula is C16H12BrFN2O. The number of halogens is 2. The van der Waals surface area contributed by atoms with E-state index in [2.05, 4.69) is 26.2 Å². The van der Waals surface area contributed by atoms with E-state index in [9.17, 15) is 9.18 Å². The van der Waals surface area contributed by atoms with E-state index in [1.165, 1.54) is 12.1 Å². The number of aromatic amines is 1. The van der Waals surface area contributed by atoms with Crippen LogP contribution in [0, 0.1) is 5.82 Å². The minimum absolute atomic E-state index is 0.195. The standard InChI is InChI=1S/C16H12BrFN2O/c17-14-5-4-12(18)8-11(14)9-20-16(21)13-3-1-2-10-6-7-19-15(10)13/h1-8,19H,9H2,(H,20,21). The van der Waals surface area contributed by atoms with Crippen molar-refractivity contribution in [3.8, 4) is 0 Å². The summed E-state index contributed by atoms with van der Waals surface area (Å²) in [5.74, 6) is -0.520. The van der Waals surface area contributed by atoms with Crippen LogP contribution in [-0.2, 0) is 6.54 Å². The van der Waals surface area contributed by atoms with Crippen LogP contribution in [0.15, 0.2) is 53.1 Å². The Morgan fingerprint density at radius 1 is 1.24 bits per heavy atom. The van der Waals surface area contributed by atoms with Gasteiger partial charge in [-0.1, -0.05) is 28.1 Å². The third kappa shape index (κ3) is 2.83. The summed E-state index contributed by atoms with van der Waals surface area (Å²) in [6.07, 6.45) is 1.80. The van der Waals surface area contributed by atoms with E-state index in [0.717, 1.165) is 15.4 Å². The zero-order valence-corrected chi connectivity index (χ0v) is 12.6. The zero-order chi connectivity index (χ0) is 14.8. The van der Waals surface area contributed by atoms with Crippen LogP contribution < -0.4 is 5.32 Å². The van der Waals surface area contributed by atoms with Gasteiger partial charge in [-0.05, 0) is 35.9 Å². The first-order chi connectivity index (χ1) is 10.1. The topological polar surface area (TPSA) is 44.9 Å². The molecule has 0 saturated carbocycles. The number of fused-ring (bicyclic) bond motifs is 1. The molecular weight excluding hydrogens is 335 g/mol. The molecule has 0 atom stereocenters. The van der Waals surface area contributed by atoms with Crippen LogP contribution in [0.1, 0.15) is 15.9 Å². The monoisotopic (exact) mass is 346 g/mol. The van der Waals surface area contributed by atoms with Crippen LogP contribution >= 0.6 is 15.9 Å². The van der Waals surface area contributed by atoms with E-state index in [-0.39, 0.29) is 18.3 Å². The molecule has 3 aromatic rings. The fourth-order valence-corrected chi connectivity index (χ4v) is 2.61. The van der Waals surface area contributed by atoms with Gasteiger partial charge in [0.15, 0.2) is 0 Å². The van der Waals surface area contributed by atoms with E-state index >= 15 is 0 Å². The SMILES string of the molecule is O=C(NCc1cc(F)ccc1Br)c1cccc2cc[nH]c12. The van der Waals surface area contributed by atoms with Gasteiger partial charge in [-0.2, -0.15) is 0 Å². The lowest BCUT2D eigenvalue weighted by molar-refractivity contribution is 0.0952. The first-order valence-electron chi connectivity index (χ1n) is 6.43. The van der Waals surface area contributed by atoms with Gasteiger partial charge in [0.05, 0.1) is 11.1 Å². The number of carbonyl (C=O) groups excluding carboxylic acids is 1. The van der Waals surface area contributed by atoms with E-state index in [4.69, 9.17) is 0 Å². The minimum atomic E-state index is -0.325. The van der Waals surface area contributed by atoms with Crippen molar-refractivity contribution in [2.45, 2.75) is 6.54 Å². The number of carbonyl (C=O) groups is 1. The van der Waals surface area contributed by atoms with Crippen molar-refractivity contribution >= 4 is 32.7 Å². The molecule has 0 fully saturated rings. The van der Waals surface area contributed by atoms with E-state index in [1.807, 2.05) is 18.2 Å². The molecule has 1 amide bonds. The number of hydrogen-bond acceptors (Lipinski definition) is 1. The summed E-state index contributed by atoms with van der Waals surface area (Å²) in [6.45, 7) is 0.258. The molecule has 0 spiro atoms. The lowest BCUT2D eigenvalue weighted by Gasteiger charge is -2.08. The quantitative estimate of drug-likeness (QED) is 0.739. The Hall–Kier alpha value is -2.14. The molecule has 0 bridgehead atoms. The second-order valence-electron chi connectivity index (χ2n) is 4.67. The first-order valence-corrected chi connectivity index (χ1v) is 7.22. The lowest BCUT2D eigenvalue weighted by Crippen LogP contribution is -2.23. The first kappa shape index (κ1) is 13.8. The van der Waals surface area contributed by atoms with E-state index < -0.39 is 0 Å². The molecule has 5 heteroatoms. The van der Waals surface area contributed by atoms with Gasteiger partial charge in [-0.3, -0.25) is 4.79 Å². The van der Waals surface area contributed by atoms with Gasteiger partial charge in [0.25, 0.3) is 5.91 Å². The van der Waals surface area contributed by atoms with Crippen LogP contribution in [0.25, 0.3) is 10.9 Å². The maximum absolute atomic E-state index is 13.2. The average Bonchev–Trinajstić information content (AvgIpc) is 2.96. The average molecular weight is 347 g/mol. The molecule has 0 radical (unpaired) electrons. The summed E-state index contributed by atoms with van der Waals surface area (Å²) in [7, 11) is 0. The molecule has 0 saturated heterocycles. The summed E-state index contributed by atoms with van der Waals surface area (Å²) >= 11 is 3.35. The second-order valence-corrected chi connectivity index (χ2v) is 5.52. The highest BCUT2D eigenvalue weighted by molar-refractivity contribution is 9.10. The molecule has 0 aliphatic carbocycles. The van der Waals surface area contributed by atoms with Crippen molar-refractivity contribution in [3.63, 3.8) is 0 Å². The molecule has 0 unspecified atom stereocenters. The molecule has 3 rings (SSSR count). The van der Waals surface area contributed by atoms with Crippen molar-refractivity contribution in [1.29, 1.82) is 0 Å². The Morgan fingerprint density at radius 3 is 2.95 bits per heavy atom. The second kappa shape index (κ2) is 5.69. The fourth-order valence-electron chi connectivity index (χ4n) is 2.22. The van der Waals surface area contributed by atoms with Crippen molar-refractivity contribution in [1.82, 2.24) is 10.3 Å². The molecule has 2 aromatic carbocycles. The normalized spacial score (nSPS) is 10.8. The molecule has 3 nitrogen and oxygen atoms in total. The van der Waals surface area contributed by atoms with Crippen molar-refractivity contribution < 1.29 is 9.18 Å². The number of para-hydroxylation sites is 1. The summed E-state index contributed by atoms with van der Waals surface area (Å²) in [5.41, 5.74) is 2.07. The molecule has 106 valence electrons. The summed E-state index contributed by atoms with van der Waals surface area (Å²) < 4.78 is 14.0. The summed E-state index contributed by atoms with van der Waals surface area (Å²) in [6, 6.07) is 11.8. The number of benzene rings is 2. The van der Waals surface area contributed by atoms with Crippen LogP contribution in [0.5, 0.6) is 0 Å². The number of hydrogen-bond donors (Lipinski definition) is 2. The minimum Gasteiger partial charge on any atom is -0.361 e. The van der Waals surface area contributed by atoms with Gasteiger partial charge in [0.1, 0.15) is 5.82 Å². The molecule has 1 aromatic heterocycles. The lowest BCUT2D eigenvalue weighted by atomic mass is 10.1. The number of amides is 1. The van der Waals surface area contributed by atoms with Gasteiger partial charge in [0.2, 0.25) is 0 Å². The highest BCUT2D eigenvalue weighted by atomic mass is 79.9. The fraction of sp³-hybridized carbons (Fsp3) is 0.0625. The Bertz CT molecular complexity index is 813. The van der Waals surface area contributed by atoms with E-state index in [0.29, 0.717) is 11.1 Å². The van der Waals surface area contributed by atoms with Crippen LogP contribution in [0.4, 0.5) is 4.39 Å². The predicted molar refractivity (Wildman–Crippen MR) is 83.6 cm³/mol. The maximum Gasteiger partial charge on any atom is 0.253 e. The smallest absolute Gasteiger partial charge is 0.253 e. The third-order valence-corrected chi connectivity index (χ3v) is 4.05. The number of aromatic nitrogens is 1. The van der Waals surface area contributed by atoms with Gasteiger partial charge < -0.3 is 10.3 Å². The highest BCUT2D eigenvalue weighted by Crippen LogP contribution is 2.19. The van der Waals surface area contributed by atoms with Crippen molar-refractivity contribution in [2.75, 3.05) is 0 Å². The Kier molecular flexibility index (Phi) is 3.75. The molecule has 1 heterocycles. The molecule has 0 aliphatic rings. The van der Waals surface area contributed by atoms with E-state index in [1.54, 1.807) is 18.3 Å². The van der Waals surface area contributed by atoms with Gasteiger partial charge in [-0.25, -0.2) is 4.39 Å². The summed E-state index contributed by atoms with van der Waals surface area (Å²) in [4.78, 5) is 15.3. The van der Waals surface area contributed by atoms with Gasteiger partial charge in [-0.15, -0.1) is 0 Å². The summed E-state index contributed by atoms with van der Waals surface area (Å²) in [5, 5.41) is 3.79. The van der Waals surface area contributed by atoms with Gasteiger partial charge in [0, 0.05) is 22.6 Å². The van der Waals surface area contributed by atoms with Crippen molar-refractivity contribution in [2.24, 2.45) is 0 Å². The Morgan fingerprint density at radius 2 is 2.10 bits per heavy atom. The number of H-pyrrole nitrogens is 1. The van der Waals surface area contributed by atoms with Crippen LogP contribution in [-0.4, -0.2) is 10.9 Å².